The normalized spacial score (nSPS) is 23.2. The summed E-state index contributed by atoms with van der Waals surface area (Å²) in [5, 5.41) is 0. The molecule has 0 aromatic heterocycles. The van der Waals surface area contributed by atoms with E-state index in [-0.39, 0.29) is 11.9 Å². The van der Waals surface area contributed by atoms with Gasteiger partial charge in [0.1, 0.15) is 6.10 Å². The molecular weight excluding hydrogens is 156 g/mol. The molecule has 1 saturated heterocycles. The van der Waals surface area contributed by atoms with Gasteiger partial charge in [-0.25, -0.2) is 0 Å². The van der Waals surface area contributed by atoms with Crippen LogP contribution in [0, 0.1) is 0 Å². The van der Waals surface area contributed by atoms with Crippen LogP contribution in [0.1, 0.15) is 19.8 Å². The van der Waals surface area contributed by atoms with Crippen LogP contribution in [0.3, 0.4) is 0 Å². The molecule has 1 aliphatic rings. The Morgan fingerprint density at radius 3 is 3.17 bits per heavy atom. The lowest BCUT2D eigenvalue weighted by atomic mass is 10.1. The summed E-state index contributed by atoms with van der Waals surface area (Å²) in [4.78, 5) is 11.2. The quantitative estimate of drug-likeness (QED) is 0.471. The van der Waals surface area contributed by atoms with Crippen molar-refractivity contribution in [2.75, 3.05) is 13.2 Å². The van der Waals surface area contributed by atoms with Crippen molar-refractivity contribution in [3.05, 3.63) is 12.3 Å². The molecule has 0 spiro atoms. The van der Waals surface area contributed by atoms with Crippen molar-refractivity contribution in [2.45, 2.75) is 25.9 Å². The highest BCUT2D eigenvalue weighted by Gasteiger charge is 2.21. The SMILES string of the molecule is CCO/C=C/C(=O)C1CCCO1. The summed E-state index contributed by atoms with van der Waals surface area (Å²) in [6, 6.07) is 0. The minimum atomic E-state index is -0.221. The van der Waals surface area contributed by atoms with Crippen LogP contribution in [0.15, 0.2) is 12.3 Å². The predicted octanol–water partition coefficient (Wildman–Crippen LogP) is 1.28. The lowest BCUT2D eigenvalue weighted by Crippen LogP contribution is -2.16. The Bertz CT molecular complexity index is 169. The third-order valence-corrected chi connectivity index (χ3v) is 1.74. The lowest BCUT2D eigenvalue weighted by Gasteiger charge is -2.02. The number of rotatable bonds is 4. The summed E-state index contributed by atoms with van der Waals surface area (Å²) >= 11 is 0. The van der Waals surface area contributed by atoms with E-state index in [0.29, 0.717) is 13.2 Å². The Kier molecular flexibility index (Phi) is 3.80. The molecule has 1 atom stereocenters. The number of hydrogen-bond acceptors (Lipinski definition) is 3. The molecule has 1 fully saturated rings. The largest absolute Gasteiger partial charge is 0.501 e. The average Bonchev–Trinajstić information content (AvgIpc) is 2.56. The molecule has 12 heavy (non-hydrogen) atoms. The van der Waals surface area contributed by atoms with Crippen LogP contribution >= 0.6 is 0 Å². The molecule has 1 aliphatic heterocycles. The molecule has 1 rings (SSSR count). The topological polar surface area (TPSA) is 35.5 Å². The highest BCUT2D eigenvalue weighted by molar-refractivity contribution is 5.93. The van der Waals surface area contributed by atoms with Gasteiger partial charge in [-0.1, -0.05) is 0 Å². The van der Waals surface area contributed by atoms with Crippen molar-refractivity contribution in [1.82, 2.24) is 0 Å². The monoisotopic (exact) mass is 170 g/mol. The summed E-state index contributed by atoms with van der Waals surface area (Å²) in [6.45, 7) is 3.18. The van der Waals surface area contributed by atoms with Gasteiger partial charge in [-0.15, -0.1) is 0 Å². The summed E-state index contributed by atoms with van der Waals surface area (Å²) in [5.74, 6) is 0.0148. The third kappa shape index (κ3) is 2.66. The number of ether oxygens (including phenoxy) is 2. The Labute approximate surface area is 72.4 Å². The number of carbonyl (C=O) groups excluding carboxylic acids is 1. The number of hydrogen-bond donors (Lipinski definition) is 0. The maximum Gasteiger partial charge on any atom is 0.187 e. The fraction of sp³-hybridized carbons (Fsp3) is 0.667. The molecule has 0 aromatic carbocycles. The van der Waals surface area contributed by atoms with Crippen molar-refractivity contribution in [2.24, 2.45) is 0 Å². The molecule has 1 unspecified atom stereocenters. The minimum absolute atomic E-state index is 0.0148. The molecular formula is C9H14O3. The molecule has 0 bridgehead atoms. The van der Waals surface area contributed by atoms with Gasteiger partial charge < -0.3 is 9.47 Å². The summed E-state index contributed by atoms with van der Waals surface area (Å²) in [6.07, 6.45) is 4.49. The van der Waals surface area contributed by atoms with Gasteiger partial charge in [0.05, 0.1) is 12.9 Å². The highest BCUT2D eigenvalue weighted by atomic mass is 16.5. The van der Waals surface area contributed by atoms with Crippen LogP contribution in [-0.2, 0) is 14.3 Å². The minimum Gasteiger partial charge on any atom is -0.501 e. The van der Waals surface area contributed by atoms with Gasteiger partial charge in [-0.2, -0.15) is 0 Å². The van der Waals surface area contributed by atoms with Gasteiger partial charge in [-0.05, 0) is 19.8 Å². The van der Waals surface area contributed by atoms with Gasteiger partial charge in [0.25, 0.3) is 0 Å². The fourth-order valence-corrected chi connectivity index (χ4v) is 1.12. The van der Waals surface area contributed by atoms with Crippen molar-refractivity contribution < 1.29 is 14.3 Å². The maximum absolute atomic E-state index is 11.2. The second-order valence-corrected chi connectivity index (χ2v) is 2.66. The summed E-state index contributed by atoms with van der Waals surface area (Å²) in [7, 11) is 0. The molecule has 0 radical (unpaired) electrons. The molecule has 1 heterocycles. The molecule has 3 heteroatoms. The van der Waals surface area contributed by atoms with Gasteiger partial charge in [-0.3, -0.25) is 4.79 Å². The molecule has 0 N–H and O–H groups in total. The molecule has 3 nitrogen and oxygen atoms in total. The van der Waals surface area contributed by atoms with Gasteiger partial charge in [0.2, 0.25) is 0 Å². The second-order valence-electron chi connectivity index (χ2n) is 2.66. The first kappa shape index (κ1) is 9.26. The average molecular weight is 170 g/mol. The zero-order valence-corrected chi connectivity index (χ0v) is 7.29. The van der Waals surface area contributed by atoms with Crippen LogP contribution < -0.4 is 0 Å². The first-order valence-corrected chi connectivity index (χ1v) is 4.28. The Morgan fingerprint density at radius 2 is 2.58 bits per heavy atom. The van der Waals surface area contributed by atoms with Crippen LogP contribution in [0.2, 0.25) is 0 Å². The molecule has 0 aromatic rings. The van der Waals surface area contributed by atoms with Gasteiger partial charge >= 0.3 is 0 Å². The van der Waals surface area contributed by atoms with E-state index in [0.717, 1.165) is 12.8 Å². The lowest BCUT2D eigenvalue weighted by molar-refractivity contribution is -0.123. The highest BCUT2D eigenvalue weighted by Crippen LogP contribution is 2.12. The Hall–Kier alpha value is -0.830. The van der Waals surface area contributed by atoms with Crippen LogP contribution in [0.25, 0.3) is 0 Å². The van der Waals surface area contributed by atoms with Crippen LogP contribution in [-0.4, -0.2) is 25.1 Å². The Morgan fingerprint density at radius 1 is 1.75 bits per heavy atom. The summed E-state index contributed by atoms with van der Waals surface area (Å²) < 4.78 is 10.1. The van der Waals surface area contributed by atoms with Crippen LogP contribution in [0.4, 0.5) is 0 Å². The number of ketones is 1. The van der Waals surface area contributed by atoms with E-state index in [9.17, 15) is 4.79 Å². The van der Waals surface area contributed by atoms with Crippen molar-refractivity contribution >= 4 is 5.78 Å². The van der Waals surface area contributed by atoms with Crippen molar-refractivity contribution in [1.29, 1.82) is 0 Å². The smallest absolute Gasteiger partial charge is 0.187 e. The van der Waals surface area contributed by atoms with Gasteiger partial charge in [0, 0.05) is 12.7 Å². The zero-order chi connectivity index (χ0) is 8.81. The molecule has 0 aliphatic carbocycles. The van der Waals surface area contributed by atoms with Gasteiger partial charge in [0.15, 0.2) is 5.78 Å². The van der Waals surface area contributed by atoms with Crippen molar-refractivity contribution in [3.63, 3.8) is 0 Å². The Balaban J connectivity index is 2.26. The van der Waals surface area contributed by atoms with E-state index in [4.69, 9.17) is 9.47 Å². The first-order valence-electron chi connectivity index (χ1n) is 4.28. The van der Waals surface area contributed by atoms with E-state index >= 15 is 0 Å². The molecule has 0 amide bonds. The third-order valence-electron chi connectivity index (χ3n) is 1.74. The van der Waals surface area contributed by atoms with E-state index < -0.39 is 0 Å². The summed E-state index contributed by atoms with van der Waals surface area (Å²) in [5.41, 5.74) is 0. The molecule has 68 valence electrons. The van der Waals surface area contributed by atoms with E-state index in [1.807, 2.05) is 6.92 Å². The molecule has 0 saturated carbocycles. The first-order chi connectivity index (χ1) is 5.84. The zero-order valence-electron chi connectivity index (χ0n) is 7.29. The maximum atomic E-state index is 11.2. The standard InChI is InChI=1S/C9H14O3/c1-2-11-7-5-8(10)9-4-3-6-12-9/h5,7,9H,2-4,6H2,1H3/b7-5+. The van der Waals surface area contributed by atoms with Crippen molar-refractivity contribution in [3.8, 4) is 0 Å². The van der Waals surface area contributed by atoms with E-state index in [1.54, 1.807) is 0 Å². The number of carbonyl (C=O) groups is 1. The second kappa shape index (κ2) is 4.93. The fourth-order valence-electron chi connectivity index (χ4n) is 1.12. The van der Waals surface area contributed by atoms with E-state index in [1.165, 1.54) is 12.3 Å². The predicted molar refractivity (Wildman–Crippen MR) is 44.7 cm³/mol. The van der Waals surface area contributed by atoms with Crippen LogP contribution in [0.5, 0.6) is 0 Å². The van der Waals surface area contributed by atoms with E-state index in [2.05, 4.69) is 0 Å².